The summed E-state index contributed by atoms with van der Waals surface area (Å²) in [6.07, 6.45) is 0. The molecule has 3 rings (SSSR count). The Labute approximate surface area is 128 Å². The Bertz CT molecular complexity index is 762. The molecular weight excluding hydrogens is 291 g/mol. The molecule has 0 amide bonds. The van der Waals surface area contributed by atoms with Crippen LogP contribution in [0.5, 0.6) is 0 Å². The van der Waals surface area contributed by atoms with Crippen molar-refractivity contribution < 1.29 is 0 Å². The van der Waals surface area contributed by atoms with E-state index in [1.807, 2.05) is 36.4 Å². The summed E-state index contributed by atoms with van der Waals surface area (Å²) in [4.78, 5) is 4.61. The zero-order chi connectivity index (χ0) is 14.1. The van der Waals surface area contributed by atoms with Gasteiger partial charge in [-0.2, -0.15) is 0 Å². The zero-order valence-corrected chi connectivity index (χ0v) is 12.6. The van der Waals surface area contributed by atoms with E-state index in [1.54, 1.807) is 0 Å². The smallest absolute Gasteiger partial charge is 0.125 e. The van der Waals surface area contributed by atoms with Crippen molar-refractivity contribution in [3.8, 4) is 0 Å². The summed E-state index contributed by atoms with van der Waals surface area (Å²) < 4.78 is 2.15. The number of para-hydroxylation sites is 1. The SMILES string of the molecule is Cc1cccc2nc(CCl)n(Cc3ccccc3Cl)c12. The molecule has 3 aromatic rings. The Morgan fingerprint density at radius 3 is 2.65 bits per heavy atom. The number of aryl methyl sites for hydroxylation is 1. The fraction of sp³-hybridized carbons (Fsp3) is 0.188. The molecule has 4 heteroatoms. The van der Waals surface area contributed by atoms with Gasteiger partial charge in [0, 0.05) is 5.02 Å². The van der Waals surface area contributed by atoms with Gasteiger partial charge in [0.15, 0.2) is 0 Å². The van der Waals surface area contributed by atoms with Gasteiger partial charge in [0.2, 0.25) is 0 Å². The van der Waals surface area contributed by atoms with Crippen LogP contribution < -0.4 is 0 Å². The standard InChI is InChI=1S/C16H14Cl2N2/c1-11-5-4-8-14-16(11)20(15(9-17)19-14)10-12-6-2-3-7-13(12)18/h2-8H,9-10H2,1H3. The molecule has 0 N–H and O–H groups in total. The zero-order valence-electron chi connectivity index (χ0n) is 11.1. The monoisotopic (exact) mass is 304 g/mol. The van der Waals surface area contributed by atoms with Crippen molar-refractivity contribution in [2.75, 3.05) is 0 Å². The normalized spacial score (nSPS) is 11.2. The number of nitrogens with zero attached hydrogens (tertiary/aromatic N) is 2. The van der Waals surface area contributed by atoms with Gasteiger partial charge in [-0.1, -0.05) is 41.9 Å². The van der Waals surface area contributed by atoms with E-state index < -0.39 is 0 Å². The quantitative estimate of drug-likeness (QED) is 0.636. The van der Waals surface area contributed by atoms with Crippen LogP contribution in [-0.4, -0.2) is 9.55 Å². The average Bonchev–Trinajstić information content (AvgIpc) is 2.81. The molecule has 2 aromatic carbocycles. The van der Waals surface area contributed by atoms with E-state index in [9.17, 15) is 0 Å². The summed E-state index contributed by atoms with van der Waals surface area (Å²) in [5.74, 6) is 1.26. The maximum Gasteiger partial charge on any atom is 0.125 e. The number of imidazole rings is 1. The third kappa shape index (κ3) is 2.30. The minimum atomic E-state index is 0.387. The van der Waals surface area contributed by atoms with Crippen molar-refractivity contribution in [3.05, 3.63) is 64.4 Å². The maximum atomic E-state index is 6.26. The molecule has 0 spiro atoms. The van der Waals surface area contributed by atoms with Crippen LogP contribution in [0.3, 0.4) is 0 Å². The number of rotatable bonds is 3. The molecule has 0 unspecified atom stereocenters. The van der Waals surface area contributed by atoms with Crippen molar-refractivity contribution in [2.24, 2.45) is 0 Å². The molecule has 1 heterocycles. The van der Waals surface area contributed by atoms with Crippen molar-refractivity contribution in [1.29, 1.82) is 0 Å². The van der Waals surface area contributed by atoms with Gasteiger partial charge in [0.25, 0.3) is 0 Å². The first kappa shape index (κ1) is 13.5. The van der Waals surface area contributed by atoms with E-state index in [0.29, 0.717) is 12.4 Å². The Kier molecular flexibility index (Phi) is 3.68. The highest BCUT2D eigenvalue weighted by Gasteiger charge is 2.13. The maximum absolute atomic E-state index is 6.26. The molecule has 2 nitrogen and oxygen atoms in total. The van der Waals surface area contributed by atoms with E-state index in [-0.39, 0.29) is 0 Å². The van der Waals surface area contributed by atoms with Crippen LogP contribution in [0.15, 0.2) is 42.5 Å². The van der Waals surface area contributed by atoms with Crippen molar-refractivity contribution in [3.63, 3.8) is 0 Å². The first-order valence-corrected chi connectivity index (χ1v) is 7.36. The average molecular weight is 305 g/mol. The number of alkyl halides is 1. The first-order valence-electron chi connectivity index (χ1n) is 6.45. The number of benzene rings is 2. The molecule has 0 radical (unpaired) electrons. The third-order valence-electron chi connectivity index (χ3n) is 3.45. The molecule has 20 heavy (non-hydrogen) atoms. The number of hydrogen-bond donors (Lipinski definition) is 0. The van der Waals surface area contributed by atoms with Crippen LogP contribution in [-0.2, 0) is 12.4 Å². The van der Waals surface area contributed by atoms with Crippen LogP contribution in [0.25, 0.3) is 11.0 Å². The number of halogens is 2. The Balaban J connectivity index is 2.17. The van der Waals surface area contributed by atoms with Crippen molar-refractivity contribution in [1.82, 2.24) is 9.55 Å². The fourth-order valence-corrected chi connectivity index (χ4v) is 2.88. The molecule has 0 aliphatic rings. The minimum absolute atomic E-state index is 0.387. The highest BCUT2D eigenvalue weighted by Crippen LogP contribution is 2.24. The van der Waals surface area contributed by atoms with Gasteiger partial charge in [0.1, 0.15) is 5.82 Å². The lowest BCUT2D eigenvalue weighted by Gasteiger charge is -2.10. The second-order valence-electron chi connectivity index (χ2n) is 4.78. The summed E-state index contributed by atoms with van der Waals surface area (Å²) in [5, 5.41) is 0.767. The number of fused-ring (bicyclic) bond motifs is 1. The molecule has 102 valence electrons. The van der Waals surface area contributed by atoms with Gasteiger partial charge in [-0.25, -0.2) is 4.98 Å². The molecule has 0 saturated carbocycles. The summed E-state index contributed by atoms with van der Waals surface area (Å²) in [7, 11) is 0. The first-order chi connectivity index (χ1) is 9.70. The molecule has 1 aromatic heterocycles. The van der Waals surface area contributed by atoms with Crippen LogP contribution in [0, 0.1) is 6.92 Å². The summed E-state index contributed by atoms with van der Waals surface area (Å²) >= 11 is 12.3. The van der Waals surface area contributed by atoms with Crippen molar-refractivity contribution >= 4 is 34.2 Å². The lowest BCUT2D eigenvalue weighted by molar-refractivity contribution is 0.777. The van der Waals surface area contributed by atoms with Gasteiger partial charge >= 0.3 is 0 Å². The van der Waals surface area contributed by atoms with E-state index in [0.717, 1.165) is 27.4 Å². The second kappa shape index (κ2) is 5.47. The topological polar surface area (TPSA) is 17.8 Å². The minimum Gasteiger partial charge on any atom is -0.322 e. The third-order valence-corrected chi connectivity index (χ3v) is 4.06. The van der Waals surface area contributed by atoms with Crippen LogP contribution in [0.2, 0.25) is 5.02 Å². The number of aromatic nitrogens is 2. The largest absolute Gasteiger partial charge is 0.322 e. The van der Waals surface area contributed by atoms with Gasteiger partial charge in [-0.05, 0) is 30.2 Å². The fourth-order valence-electron chi connectivity index (χ4n) is 2.48. The predicted octanol–water partition coefficient (Wildman–Crippen LogP) is 4.79. The molecule has 0 atom stereocenters. The lowest BCUT2D eigenvalue weighted by atomic mass is 10.2. The summed E-state index contributed by atoms with van der Waals surface area (Å²) in [5.41, 5.74) is 4.37. The summed E-state index contributed by atoms with van der Waals surface area (Å²) in [6.45, 7) is 2.77. The van der Waals surface area contributed by atoms with Crippen LogP contribution in [0.1, 0.15) is 17.0 Å². The highest BCUT2D eigenvalue weighted by atomic mass is 35.5. The summed E-state index contributed by atoms with van der Waals surface area (Å²) in [6, 6.07) is 14.0. The van der Waals surface area contributed by atoms with Crippen molar-refractivity contribution in [2.45, 2.75) is 19.3 Å². The van der Waals surface area contributed by atoms with E-state index in [4.69, 9.17) is 23.2 Å². The van der Waals surface area contributed by atoms with E-state index in [1.165, 1.54) is 5.56 Å². The molecule has 0 bridgehead atoms. The Morgan fingerprint density at radius 2 is 1.90 bits per heavy atom. The molecule has 0 aliphatic carbocycles. The second-order valence-corrected chi connectivity index (χ2v) is 5.46. The molecule has 0 saturated heterocycles. The predicted molar refractivity (Wildman–Crippen MR) is 84.6 cm³/mol. The van der Waals surface area contributed by atoms with E-state index >= 15 is 0 Å². The lowest BCUT2D eigenvalue weighted by Crippen LogP contribution is -2.05. The van der Waals surface area contributed by atoms with E-state index in [2.05, 4.69) is 22.5 Å². The van der Waals surface area contributed by atoms with Gasteiger partial charge in [-0.15, -0.1) is 11.6 Å². The highest BCUT2D eigenvalue weighted by molar-refractivity contribution is 6.31. The van der Waals surface area contributed by atoms with Crippen LogP contribution in [0.4, 0.5) is 0 Å². The number of hydrogen-bond acceptors (Lipinski definition) is 1. The van der Waals surface area contributed by atoms with Gasteiger partial charge < -0.3 is 4.57 Å². The Morgan fingerprint density at radius 1 is 1.10 bits per heavy atom. The molecule has 0 fully saturated rings. The van der Waals surface area contributed by atoms with Gasteiger partial charge in [0.05, 0.1) is 23.5 Å². The molecule has 0 aliphatic heterocycles. The van der Waals surface area contributed by atoms with Crippen LogP contribution >= 0.6 is 23.2 Å². The van der Waals surface area contributed by atoms with Gasteiger partial charge in [-0.3, -0.25) is 0 Å². The molecular formula is C16H14Cl2N2. The Hall–Kier alpha value is -1.51.